The van der Waals surface area contributed by atoms with Gasteiger partial charge in [-0.1, -0.05) is 30.7 Å². The minimum atomic E-state index is -4.62. The van der Waals surface area contributed by atoms with Crippen molar-refractivity contribution in [2.75, 3.05) is 6.61 Å². The summed E-state index contributed by atoms with van der Waals surface area (Å²) in [7, 11) is 0. The maximum atomic E-state index is 12.8. The fourth-order valence-corrected chi connectivity index (χ4v) is 3.75. The van der Waals surface area contributed by atoms with E-state index in [1.165, 1.54) is 18.2 Å². The fraction of sp³-hybridized carbons (Fsp3) is 0.381. The molecule has 0 aromatic heterocycles. The van der Waals surface area contributed by atoms with Crippen LogP contribution in [0.15, 0.2) is 36.4 Å². The Labute approximate surface area is 178 Å². The lowest BCUT2D eigenvalue weighted by atomic mass is 9.96. The minimum absolute atomic E-state index is 0.170. The van der Waals surface area contributed by atoms with E-state index in [4.69, 9.17) is 16.3 Å². The molecule has 0 saturated heterocycles. The number of hydrogen-bond donors (Lipinski definition) is 1. The SMILES string of the molecule is CC(C(=O)O)C1CC1c1cc(OCC(F)(F)F)c(Cl)c(-c2ccc(C(F)(F)F)cc2)c1. The molecule has 1 saturated carbocycles. The number of carboxylic acid groups (broad SMARTS) is 1. The van der Waals surface area contributed by atoms with Gasteiger partial charge in [-0.05, 0) is 53.6 Å². The lowest BCUT2D eigenvalue weighted by molar-refractivity contribution is -0.153. The first-order chi connectivity index (χ1) is 14.3. The zero-order valence-electron chi connectivity index (χ0n) is 16.0. The molecule has 3 atom stereocenters. The number of benzene rings is 2. The Kier molecular flexibility index (Phi) is 6.19. The molecular formula is C21H17ClF6O3. The second-order valence-corrected chi connectivity index (χ2v) is 7.87. The molecule has 31 heavy (non-hydrogen) atoms. The molecule has 168 valence electrons. The predicted octanol–water partition coefficient (Wildman–Crippen LogP) is 6.79. The number of aliphatic carboxylic acids is 1. The standard InChI is InChI=1S/C21H17ClF6O3/c1-10(19(29)30)14-8-15(14)12-6-16(11-2-4-13(5-3-11)21(26,27)28)18(22)17(7-12)31-9-20(23,24)25/h2-7,10,14-15H,8-9H2,1H3,(H,29,30). The molecule has 0 spiro atoms. The Balaban J connectivity index is 2.00. The van der Waals surface area contributed by atoms with Crippen molar-refractivity contribution in [3.63, 3.8) is 0 Å². The van der Waals surface area contributed by atoms with E-state index in [-0.39, 0.29) is 33.7 Å². The van der Waals surface area contributed by atoms with E-state index in [0.29, 0.717) is 12.0 Å². The van der Waals surface area contributed by atoms with Gasteiger partial charge >= 0.3 is 18.3 Å². The van der Waals surface area contributed by atoms with E-state index >= 15 is 0 Å². The zero-order chi connectivity index (χ0) is 23.1. The molecule has 0 radical (unpaired) electrons. The summed E-state index contributed by atoms with van der Waals surface area (Å²) in [4.78, 5) is 11.2. The van der Waals surface area contributed by atoms with Gasteiger partial charge in [0, 0.05) is 5.56 Å². The van der Waals surface area contributed by atoms with Gasteiger partial charge in [-0.25, -0.2) is 0 Å². The van der Waals surface area contributed by atoms with Crippen molar-refractivity contribution in [1.29, 1.82) is 0 Å². The number of halogens is 7. The third kappa shape index (κ3) is 5.44. The first-order valence-electron chi connectivity index (χ1n) is 9.21. The molecule has 10 heteroatoms. The summed E-state index contributed by atoms with van der Waals surface area (Å²) in [5.74, 6) is -2.35. The first kappa shape index (κ1) is 23.2. The first-order valence-corrected chi connectivity index (χ1v) is 9.59. The molecule has 2 aromatic rings. The molecule has 3 unspecified atom stereocenters. The van der Waals surface area contributed by atoms with Crippen molar-refractivity contribution >= 4 is 17.6 Å². The second kappa shape index (κ2) is 8.26. The Bertz CT molecular complexity index is 969. The van der Waals surface area contributed by atoms with Crippen molar-refractivity contribution in [2.45, 2.75) is 31.6 Å². The van der Waals surface area contributed by atoms with E-state index in [9.17, 15) is 36.2 Å². The van der Waals surface area contributed by atoms with Crippen LogP contribution in [0.3, 0.4) is 0 Å². The van der Waals surface area contributed by atoms with Gasteiger partial charge in [-0.2, -0.15) is 26.3 Å². The molecule has 1 aliphatic carbocycles. The summed E-state index contributed by atoms with van der Waals surface area (Å²) in [6.45, 7) is -0.0526. The van der Waals surface area contributed by atoms with Gasteiger partial charge in [0.05, 0.1) is 16.5 Å². The van der Waals surface area contributed by atoms with Crippen molar-refractivity contribution in [1.82, 2.24) is 0 Å². The van der Waals surface area contributed by atoms with Crippen LogP contribution in [0.1, 0.15) is 30.4 Å². The smallest absolute Gasteiger partial charge is 0.422 e. The highest BCUT2D eigenvalue weighted by atomic mass is 35.5. The monoisotopic (exact) mass is 466 g/mol. The van der Waals surface area contributed by atoms with Crippen molar-refractivity contribution < 1.29 is 41.0 Å². The molecular weight excluding hydrogens is 450 g/mol. The summed E-state index contributed by atoms with van der Waals surface area (Å²) in [6, 6.07) is 6.94. The molecule has 0 bridgehead atoms. The van der Waals surface area contributed by atoms with E-state index in [1.807, 2.05) is 0 Å². The summed E-state index contributed by atoms with van der Waals surface area (Å²) in [5, 5.41) is 9.02. The number of hydrogen-bond acceptors (Lipinski definition) is 2. The topological polar surface area (TPSA) is 46.5 Å². The molecule has 0 heterocycles. The van der Waals surface area contributed by atoms with Crippen LogP contribution < -0.4 is 4.74 Å². The Morgan fingerprint density at radius 2 is 1.77 bits per heavy atom. The average molecular weight is 467 g/mol. The number of ether oxygens (including phenoxy) is 1. The van der Waals surface area contributed by atoms with Crippen LogP contribution in [0.25, 0.3) is 11.1 Å². The van der Waals surface area contributed by atoms with Crippen LogP contribution in [0, 0.1) is 11.8 Å². The highest BCUT2D eigenvalue weighted by Crippen LogP contribution is 2.54. The van der Waals surface area contributed by atoms with Crippen LogP contribution in [-0.2, 0) is 11.0 Å². The average Bonchev–Trinajstić information content (AvgIpc) is 3.46. The van der Waals surface area contributed by atoms with Crippen LogP contribution in [0.4, 0.5) is 26.3 Å². The van der Waals surface area contributed by atoms with Gasteiger partial charge in [-0.3, -0.25) is 4.79 Å². The van der Waals surface area contributed by atoms with Crippen LogP contribution in [0.2, 0.25) is 5.02 Å². The van der Waals surface area contributed by atoms with Gasteiger partial charge in [0.15, 0.2) is 6.61 Å². The summed E-state index contributed by atoms with van der Waals surface area (Å²) < 4.78 is 81.3. The Hall–Kier alpha value is -2.42. The van der Waals surface area contributed by atoms with E-state index < -0.39 is 36.4 Å². The normalized spacial score (nSPS) is 19.7. The highest BCUT2D eigenvalue weighted by molar-refractivity contribution is 6.34. The predicted molar refractivity (Wildman–Crippen MR) is 101 cm³/mol. The van der Waals surface area contributed by atoms with E-state index in [2.05, 4.69) is 0 Å². The molecule has 3 nitrogen and oxygen atoms in total. The van der Waals surface area contributed by atoms with Gasteiger partial charge in [0.1, 0.15) is 5.75 Å². The largest absolute Gasteiger partial charge is 0.483 e. The van der Waals surface area contributed by atoms with E-state index in [1.54, 1.807) is 13.0 Å². The second-order valence-electron chi connectivity index (χ2n) is 7.49. The number of carbonyl (C=O) groups is 1. The molecule has 2 aromatic carbocycles. The molecule has 0 aliphatic heterocycles. The van der Waals surface area contributed by atoms with Crippen LogP contribution in [0.5, 0.6) is 5.75 Å². The van der Waals surface area contributed by atoms with Gasteiger partial charge < -0.3 is 9.84 Å². The van der Waals surface area contributed by atoms with Gasteiger partial charge in [0.25, 0.3) is 0 Å². The number of alkyl halides is 6. The molecule has 1 fully saturated rings. The summed E-state index contributed by atoms with van der Waals surface area (Å²) >= 11 is 6.24. The summed E-state index contributed by atoms with van der Waals surface area (Å²) in [5.41, 5.74) is 0.114. The zero-order valence-corrected chi connectivity index (χ0v) is 16.8. The number of carboxylic acids is 1. The third-order valence-corrected chi connectivity index (χ3v) is 5.67. The van der Waals surface area contributed by atoms with E-state index in [0.717, 1.165) is 12.1 Å². The highest BCUT2D eigenvalue weighted by Gasteiger charge is 2.45. The van der Waals surface area contributed by atoms with Crippen molar-refractivity contribution in [2.24, 2.45) is 11.8 Å². The quantitative estimate of drug-likeness (QED) is 0.477. The molecule has 3 rings (SSSR count). The summed E-state index contributed by atoms with van der Waals surface area (Å²) in [6.07, 6.45) is -8.65. The fourth-order valence-electron chi connectivity index (χ4n) is 3.48. The minimum Gasteiger partial charge on any atom is -0.483 e. The molecule has 1 N–H and O–H groups in total. The van der Waals surface area contributed by atoms with Crippen molar-refractivity contribution in [3.05, 3.63) is 52.5 Å². The molecule has 0 amide bonds. The van der Waals surface area contributed by atoms with Crippen molar-refractivity contribution in [3.8, 4) is 16.9 Å². The van der Waals surface area contributed by atoms with Gasteiger partial charge in [0.2, 0.25) is 0 Å². The Morgan fingerprint density at radius 3 is 2.29 bits per heavy atom. The Morgan fingerprint density at radius 1 is 1.16 bits per heavy atom. The third-order valence-electron chi connectivity index (χ3n) is 5.28. The maximum absolute atomic E-state index is 12.8. The van der Waals surface area contributed by atoms with Crippen LogP contribution in [-0.4, -0.2) is 23.9 Å². The molecule has 1 aliphatic rings. The maximum Gasteiger partial charge on any atom is 0.422 e. The van der Waals surface area contributed by atoms with Gasteiger partial charge in [-0.15, -0.1) is 0 Å². The lowest BCUT2D eigenvalue weighted by Gasteiger charge is -2.16. The lowest BCUT2D eigenvalue weighted by Crippen LogP contribution is -2.19. The van der Waals surface area contributed by atoms with Crippen LogP contribution >= 0.6 is 11.6 Å². The number of rotatable bonds is 6.